The molecular formula is C20H34FN5O3. The van der Waals surface area contributed by atoms with Crippen molar-refractivity contribution in [2.24, 2.45) is 17.8 Å². The summed E-state index contributed by atoms with van der Waals surface area (Å²) >= 11 is 0. The molecule has 4 saturated heterocycles. The van der Waals surface area contributed by atoms with E-state index in [-0.39, 0.29) is 36.2 Å². The standard InChI is InChI=1S/C20H34FN5O3/c1-2-18(27)25-5-3-12(4-6-25)19-23-20(29-24-19)13-7-16(21)15-9-22-26(17(15)8-13)14-10-28-11-14/h12-17,19-20,22-24H,2-11H2,1H3. The fraction of sp³-hybridized carbons (Fsp3) is 0.950. The van der Waals surface area contributed by atoms with E-state index in [1.54, 1.807) is 0 Å². The Balaban J connectivity index is 1.16. The van der Waals surface area contributed by atoms with Gasteiger partial charge >= 0.3 is 0 Å². The Morgan fingerprint density at radius 3 is 2.66 bits per heavy atom. The van der Waals surface area contributed by atoms with Crippen LogP contribution in [0.5, 0.6) is 0 Å². The van der Waals surface area contributed by atoms with Crippen LogP contribution in [-0.2, 0) is 14.4 Å². The van der Waals surface area contributed by atoms with Gasteiger partial charge < -0.3 is 9.64 Å². The number of nitrogens with one attached hydrogen (secondary N) is 3. The lowest BCUT2D eigenvalue weighted by atomic mass is 9.76. The Morgan fingerprint density at radius 1 is 1.17 bits per heavy atom. The minimum Gasteiger partial charge on any atom is -0.378 e. The summed E-state index contributed by atoms with van der Waals surface area (Å²) in [4.78, 5) is 19.8. The molecule has 8 nitrogen and oxygen atoms in total. The van der Waals surface area contributed by atoms with E-state index in [0.717, 1.165) is 52.1 Å². The maximum atomic E-state index is 15.0. The molecule has 1 amide bonds. The predicted molar refractivity (Wildman–Crippen MR) is 104 cm³/mol. The Hall–Kier alpha value is -0.840. The summed E-state index contributed by atoms with van der Waals surface area (Å²) in [5.74, 6) is 0.879. The SMILES string of the molecule is CCC(=O)N1CCC(C2NOC(C3CC(F)C4CNN(C5COC5)C4C3)N2)CC1. The average molecular weight is 412 g/mol. The third-order valence-corrected chi connectivity index (χ3v) is 7.67. The summed E-state index contributed by atoms with van der Waals surface area (Å²) in [5, 5.41) is 5.85. The van der Waals surface area contributed by atoms with Crippen LogP contribution in [0.4, 0.5) is 4.39 Å². The number of nitrogens with zero attached hydrogens (tertiary/aromatic N) is 2. The van der Waals surface area contributed by atoms with Gasteiger partial charge in [0.25, 0.3) is 0 Å². The van der Waals surface area contributed by atoms with Gasteiger partial charge in [-0.3, -0.25) is 20.4 Å². The number of amides is 1. The van der Waals surface area contributed by atoms with Crippen LogP contribution in [0.2, 0.25) is 0 Å². The van der Waals surface area contributed by atoms with Gasteiger partial charge in [0, 0.05) is 43.9 Å². The zero-order valence-corrected chi connectivity index (χ0v) is 17.2. The van der Waals surface area contributed by atoms with Crippen molar-refractivity contribution in [3.8, 4) is 0 Å². The molecule has 9 heteroatoms. The van der Waals surface area contributed by atoms with Crippen molar-refractivity contribution in [3.63, 3.8) is 0 Å². The van der Waals surface area contributed by atoms with Gasteiger partial charge in [0.1, 0.15) is 12.4 Å². The number of carbonyl (C=O) groups excluding carboxylic acids is 1. The highest BCUT2D eigenvalue weighted by Crippen LogP contribution is 2.40. The molecule has 5 fully saturated rings. The highest BCUT2D eigenvalue weighted by molar-refractivity contribution is 5.75. The topological polar surface area (TPSA) is 78.1 Å². The minimum atomic E-state index is -0.801. The summed E-state index contributed by atoms with van der Waals surface area (Å²) in [5.41, 5.74) is 6.60. The largest absolute Gasteiger partial charge is 0.378 e. The van der Waals surface area contributed by atoms with Crippen molar-refractivity contribution in [1.29, 1.82) is 0 Å². The number of halogens is 1. The molecule has 0 aromatic rings. The quantitative estimate of drug-likeness (QED) is 0.617. The smallest absolute Gasteiger partial charge is 0.222 e. The molecule has 6 unspecified atom stereocenters. The van der Waals surface area contributed by atoms with Crippen molar-refractivity contribution in [1.82, 2.24) is 26.1 Å². The zero-order valence-electron chi connectivity index (χ0n) is 17.2. The molecule has 5 rings (SSSR count). The number of alkyl halides is 1. The number of fused-ring (bicyclic) bond motifs is 1. The molecule has 1 saturated carbocycles. The van der Waals surface area contributed by atoms with E-state index in [4.69, 9.17) is 9.57 Å². The van der Waals surface area contributed by atoms with Crippen LogP contribution in [-0.4, -0.2) is 79.3 Å². The maximum absolute atomic E-state index is 15.0. The van der Waals surface area contributed by atoms with E-state index >= 15 is 0 Å². The molecule has 1 aliphatic carbocycles. The third kappa shape index (κ3) is 3.81. The van der Waals surface area contributed by atoms with E-state index in [1.165, 1.54) is 0 Å². The Morgan fingerprint density at radius 2 is 1.97 bits per heavy atom. The van der Waals surface area contributed by atoms with Gasteiger partial charge in [-0.15, -0.1) is 0 Å². The lowest BCUT2D eigenvalue weighted by Gasteiger charge is -2.43. The second kappa shape index (κ2) is 8.36. The lowest BCUT2D eigenvalue weighted by molar-refractivity contribution is -0.132. The predicted octanol–water partition coefficient (Wildman–Crippen LogP) is 0.364. The molecule has 164 valence electrons. The maximum Gasteiger partial charge on any atom is 0.222 e. The number of piperidine rings is 1. The van der Waals surface area contributed by atoms with Crippen LogP contribution in [0.15, 0.2) is 0 Å². The second-order valence-electron chi connectivity index (χ2n) is 9.31. The molecule has 4 heterocycles. The van der Waals surface area contributed by atoms with Crippen LogP contribution in [0.25, 0.3) is 0 Å². The first-order valence-electron chi connectivity index (χ1n) is 11.3. The van der Waals surface area contributed by atoms with E-state index in [9.17, 15) is 9.18 Å². The molecule has 5 aliphatic rings. The van der Waals surface area contributed by atoms with E-state index in [2.05, 4.69) is 21.2 Å². The summed E-state index contributed by atoms with van der Waals surface area (Å²) < 4.78 is 20.3. The van der Waals surface area contributed by atoms with Gasteiger partial charge in [-0.25, -0.2) is 9.40 Å². The third-order valence-electron chi connectivity index (χ3n) is 7.67. The number of ether oxygens (including phenoxy) is 1. The van der Waals surface area contributed by atoms with Gasteiger partial charge in [0.15, 0.2) is 0 Å². The van der Waals surface area contributed by atoms with Gasteiger partial charge in [0.2, 0.25) is 5.91 Å². The fourth-order valence-electron chi connectivity index (χ4n) is 5.79. The van der Waals surface area contributed by atoms with Gasteiger partial charge in [-0.1, -0.05) is 6.92 Å². The van der Waals surface area contributed by atoms with Gasteiger partial charge in [-0.05, 0) is 31.6 Å². The number of carbonyl (C=O) groups is 1. The number of likely N-dealkylation sites (tertiary alicyclic amines) is 1. The van der Waals surface area contributed by atoms with Crippen molar-refractivity contribution in [3.05, 3.63) is 0 Å². The molecule has 4 aliphatic heterocycles. The number of hydrogen-bond donors (Lipinski definition) is 3. The van der Waals surface area contributed by atoms with Gasteiger partial charge in [-0.2, -0.15) is 5.48 Å². The number of hydroxylamine groups is 1. The van der Waals surface area contributed by atoms with E-state index in [1.807, 2.05) is 11.8 Å². The van der Waals surface area contributed by atoms with Crippen LogP contribution in [0.3, 0.4) is 0 Å². The summed E-state index contributed by atoms with van der Waals surface area (Å²) in [6.45, 7) is 5.73. The first kappa shape index (κ1) is 20.1. The van der Waals surface area contributed by atoms with Crippen LogP contribution < -0.4 is 16.2 Å². The second-order valence-corrected chi connectivity index (χ2v) is 9.31. The Bertz CT molecular complexity index is 601. The molecule has 0 radical (unpaired) electrons. The number of hydrogen-bond acceptors (Lipinski definition) is 7. The summed E-state index contributed by atoms with van der Waals surface area (Å²) in [6.07, 6.45) is 3.10. The van der Waals surface area contributed by atoms with Crippen molar-refractivity contribution in [2.75, 3.05) is 32.8 Å². The monoisotopic (exact) mass is 411 g/mol. The highest BCUT2D eigenvalue weighted by Gasteiger charge is 2.50. The minimum absolute atomic E-state index is 0.0671. The van der Waals surface area contributed by atoms with E-state index in [0.29, 0.717) is 24.8 Å². The van der Waals surface area contributed by atoms with Gasteiger partial charge in [0.05, 0.1) is 25.4 Å². The van der Waals surface area contributed by atoms with Crippen molar-refractivity contribution < 1.29 is 18.8 Å². The molecule has 0 spiro atoms. The van der Waals surface area contributed by atoms with Crippen LogP contribution in [0.1, 0.15) is 39.0 Å². The first-order chi connectivity index (χ1) is 14.1. The van der Waals surface area contributed by atoms with E-state index < -0.39 is 6.17 Å². The molecular weight excluding hydrogens is 377 g/mol. The first-order valence-corrected chi connectivity index (χ1v) is 11.3. The normalized spacial score (nSPS) is 42.1. The fourth-order valence-corrected chi connectivity index (χ4v) is 5.79. The summed E-state index contributed by atoms with van der Waals surface area (Å²) in [6, 6.07) is 0.584. The Labute approximate surface area is 171 Å². The summed E-state index contributed by atoms with van der Waals surface area (Å²) in [7, 11) is 0. The number of hydrazine groups is 1. The van der Waals surface area contributed by atoms with Crippen molar-refractivity contribution >= 4 is 5.91 Å². The molecule has 0 aromatic heterocycles. The molecule has 29 heavy (non-hydrogen) atoms. The Kier molecular flexibility index (Phi) is 5.79. The number of rotatable bonds is 4. The van der Waals surface area contributed by atoms with Crippen molar-refractivity contribution in [2.45, 2.75) is 69.7 Å². The molecule has 0 aromatic carbocycles. The van der Waals surface area contributed by atoms with Crippen LogP contribution in [0, 0.1) is 17.8 Å². The lowest BCUT2D eigenvalue weighted by Crippen LogP contribution is -2.57. The molecule has 0 bridgehead atoms. The van der Waals surface area contributed by atoms with Crippen LogP contribution >= 0.6 is 0 Å². The highest BCUT2D eigenvalue weighted by atomic mass is 19.1. The average Bonchev–Trinajstić information content (AvgIpc) is 3.34. The molecule has 3 N–H and O–H groups in total. The molecule has 6 atom stereocenters. The zero-order chi connectivity index (χ0) is 20.0.